The van der Waals surface area contributed by atoms with E-state index in [1.807, 2.05) is 0 Å². The number of halogens is 19. The molecule has 0 aliphatic heterocycles. The monoisotopic (exact) mass is 647 g/mol. The molecule has 0 amide bonds. The number of hydrogen-bond acceptors (Lipinski definition) is 3. The molecular formula is C14H8F19NO4S. The van der Waals surface area contributed by atoms with E-state index in [4.69, 9.17) is 5.11 Å². The number of carboxylic acid groups (broad SMARTS) is 1. The van der Waals surface area contributed by atoms with Crippen LogP contribution in [0.4, 0.5) is 83.4 Å². The maximum atomic E-state index is 14.2. The number of aliphatic carboxylic acids is 1. The van der Waals surface area contributed by atoms with Crippen molar-refractivity contribution in [2.45, 2.75) is 60.3 Å². The van der Waals surface area contributed by atoms with Crippen molar-refractivity contribution in [2.75, 3.05) is 6.54 Å². The average molecular weight is 647 g/mol. The molecular weight excluding hydrogens is 639 g/mol. The molecule has 0 saturated heterocycles. The normalized spacial score (nSPS) is 15.3. The minimum atomic E-state index is -9.12. The summed E-state index contributed by atoms with van der Waals surface area (Å²) in [5, 5.41) is 0.339. The molecule has 0 spiro atoms. The fraction of sp³-hybridized carbons (Fsp3) is 0.786. The molecule has 39 heavy (non-hydrogen) atoms. The molecule has 0 saturated carbocycles. The summed E-state index contributed by atoms with van der Waals surface area (Å²) in [6.45, 7) is -1.51. The molecule has 25 heteroatoms. The molecule has 0 fully saturated rings. The Morgan fingerprint density at radius 1 is 0.641 bits per heavy atom. The highest BCUT2D eigenvalue weighted by molar-refractivity contribution is 7.90. The fourth-order valence-electron chi connectivity index (χ4n) is 2.29. The number of carboxylic acids is 1. The van der Waals surface area contributed by atoms with Gasteiger partial charge in [-0.2, -0.15) is 91.8 Å². The second-order valence-corrected chi connectivity index (χ2v) is 8.86. The molecule has 0 bridgehead atoms. The van der Waals surface area contributed by atoms with E-state index in [2.05, 4.69) is 0 Å². The molecule has 5 nitrogen and oxygen atoms in total. The zero-order valence-corrected chi connectivity index (χ0v) is 18.4. The standard InChI is InChI=1S/C14H8F19NO4S/c1-2-3-34(4(5(15)16)6(35)36)39(37,38)14(32,33)12(27,28)10(23,24)8(19,20)7(17,18)9(21,22)11(25,26)13(29,30)31/h2-3H2,1H3,(H,35,36). The van der Waals surface area contributed by atoms with Crippen LogP contribution in [0.1, 0.15) is 13.3 Å². The van der Waals surface area contributed by atoms with E-state index in [-0.39, 0.29) is 0 Å². The number of alkyl halides is 17. The van der Waals surface area contributed by atoms with Gasteiger partial charge in [-0.3, -0.25) is 4.31 Å². The maximum absolute atomic E-state index is 14.2. The third-order valence-corrected chi connectivity index (χ3v) is 6.21. The highest BCUT2D eigenvalue weighted by atomic mass is 32.2. The van der Waals surface area contributed by atoms with Crippen LogP contribution in [0.25, 0.3) is 0 Å². The summed E-state index contributed by atoms with van der Waals surface area (Å²) in [6.07, 6.45) is -13.0. The Balaban J connectivity index is 7.39. The largest absolute Gasteiger partial charge is 0.476 e. The van der Waals surface area contributed by atoms with Gasteiger partial charge in [0.15, 0.2) is 0 Å². The molecule has 0 aliphatic carbocycles. The van der Waals surface area contributed by atoms with Crippen LogP contribution >= 0.6 is 0 Å². The summed E-state index contributed by atoms with van der Waals surface area (Å²) in [5.41, 5.74) is -3.22. The van der Waals surface area contributed by atoms with Crippen LogP contribution in [0.3, 0.4) is 0 Å². The van der Waals surface area contributed by atoms with Gasteiger partial charge >= 0.3 is 69.0 Å². The lowest BCUT2D eigenvalue weighted by Gasteiger charge is -2.43. The lowest BCUT2D eigenvalue weighted by atomic mass is 9.91. The lowest BCUT2D eigenvalue weighted by molar-refractivity contribution is -0.458. The Morgan fingerprint density at radius 3 is 1.21 bits per heavy atom. The van der Waals surface area contributed by atoms with Crippen molar-refractivity contribution in [1.29, 1.82) is 0 Å². The average Bonchev–Trinajstić information content (AvgIpc) is 2.70. The van der Waals surface area contributed by atoms with Gasteiger partial charge in [0.1, 0.15) is 0 Å². The zero-order chi connectivity index (χ0) is 32.2. The van der Waals surface area contributed by atoms with Crippen molar-refractivity contribution in [3.8, 4) is 0 Å². The smallest absolute Gasteiger partial charge is 0.460 e. The van der Waals surface area contributed by atoms with Gasteiger partial charge in [-0.15, -0.1) is 0 Å². The highest BCUT2D eigenvalue weighted by Crippen LogP contribution is 2.64. The van der Waals surface area contributed by atoms with Gasteiger partial charge in [0.05, 0.1) is 0 Å². The summed E-state index contributed by atoms with van der Waals surface area (Å²) in [5.74, 6) is -56.5. The van der Waals surface area contributed by atoms with Crippen LogP contribution < -0.4 is 0 Å². The van der Waals surface area contributed by atoms with Crippen molar-refractivity contribution < 1.29 is 102 Å². The van der Waals surface area contributed by atoms with Gasteiger partial charge in [0, 0.05) is 6.54 Å². The molecule has 0 aliphatic rings. The zero-order valence-electron chi connectivity index (χ0n) is 17.6. The first-order valence-electron chi connectivity index (χ1n) is 8.74. The summed E-state index contributed by atoms with van der Waals surface area (Å²) >= 11 is 0. The van der Waals surface area contributed by atoms with E-state index in [1.54, 1.807) is 0 Å². The van der Waals surface area contributed by atoms with Crippen LogP contribution in [0, 0.1) is 0 Å². The Kier molecular flexibility index (Phi) is 9.32. The van der Waals surface area contributed by atoms with Crippen molar-refractivity contribution in [1.82, 2.24) is 4.31 Å². The first-order chi connectivity index (χ1) is 16.7. The molecule has 232 valence electrons. The lowest BCUT2D eigenvalue weighted by Crippen LogP contribution is -2.75. The summed E-state index contributed by atoms with van der Waals surface area (Å²) in [4.78, 5) is 10.8. The maximum Gasteiger partial charge on any atom is 0.460 e. The third-order valence-electron chi connectivity index (χ3n) is 4.37. The Labute approximate surface area is 201 Å². The fourth-order valence-corrected chi connectivity index (χ4v) is 3.83. The van der Waals surface area contributed by atoms with Gasteiger partial charge in [0.25, 0.3) is 0 Å². The number of carbonyl (C=O) groups is 1. The van der Waals surface area contributed by atoms with Gasteiger partial charge in [0.2, 0.25) is 5.70 Å². The summed E-state index contributed by atoms with van der Waals surface area (Å²) < 4.78 is 273. The third kappa shape index (κ3) is 4.91. The molecule has 0 aromatic carbocycles. The van der Waals surface area contributed by atoms with Crippen LogP contribution in [0.5, 0.6) is 0 Å². The van der Waals surface area contributed by atoms with E-state index in [0.29, 0.717) is 6.92 Å². The number of sulfonamides is 1. The Hall–Kier alpha value is -2.37. The van der Waals surface area contributed by atoms with Gasteiger partial charge in [-0.05, 0) is 6.42 Å². The van der Waals surface area contributed by atoms with Crippen molar-refractivity contribution in [2.24, 2.45) is 0 Å². The second kappa shape index (κ2) is 9.92. The summed E-state index contributed by atoms with van der Waals surface area (Å²) in [6, 6.07) is 0. The van der Waals surface area contributed by atoms with E-state index in [1.165, 1.54) is 0 Å². The van der Waals surface area contributed by atoms with Crippen LogP contribution in [0.15, 0.2) is 11.8 Å². The van der Waals surface area contributed by atoms with E-state index in [0.717, 1.165) is 0 Å². The van der Waals surface area contributed by atoms with E-state index >= 15 is 0 Å². The predicted octanol–water partition coefficient (Wildman–Crippen LogP) is 6.19. The van der Waals surface area contributed by atoms with Gasteiger partial charge < -0.3 is 5.11 Å². The van der Waals surface area contributed by atoms with Crippen molar-refractivity contribution in [3.63, 3.8) is 0 Å². The molecule has 0 aromatic heterocycles. The quantitative estimate of drug-likeness (QED) is 0.203. The Morgan fingerprint density at radius 2 is 0.949 bits per heavy atom. The molecule has 0 heterocycles. The Bertz CT molecular complexity index is 1070. The predicted molar refractivity (Wildman–Crippen MR) is 83.5 cm³/mol. The van der Waals surface area contributed by atoms with E-state index in [9.17, 15) is 96.6 Å². The minimum absolute atomic E-state index is 0.584. The first kappa shape index (κ1) is 36.6. The number of hydrogen-bond donors (Lipinski definition) is 1. The topological polar surface area (TPSA) is 74.7 Å². The van der Waals surface area contributed by atoms with Crippen LogP contribution in [-0.2, 0) is 14.8 Å². The first-order valence-corrected chi connectivity index (χ1v) is 10.2. The molecule has 0 unspecified atom stereocenters. The van der Waals surface area contributed by atoms with E-state index < -0.39 is 92.0 Å². The number of nitrogens with zero attached hydrogens (tertiary/aromatic N) is 1. The number of rotatable bonds is 12. The van der Waals surface area contributed by atoms with Crippen molar-refractivity contribution >= 4 is 16.0 Å². The minimum Gasteiger partial charge on any atom is -0.476 e. The van der Waals surface area contributed by atoms with Crippen LogP contribution in [-0.4, -0.2) is 77.3 Å². The van der Waals surface area contributed by atoms with Crippen LogP contribution in [0.2, 0.25) is 0 Å². The van der Waals surface area contributed by atoms with Gasteiger partial charge in [-0.1, -0.05) is 6.92 Å². The van der Waals surface area contributed by atoms with Gasteiger partial charge in [-0.25, -0.2) is 4.79 Å². The molecule has 0 atom stereocenters. The summed E-state index contributed by atoms with van der Waals surface area (Å²) in [7, 11) is -8.23. The highest BCUT2D eigenvalue weighted by Gasteiger charge is 2.96. The molecule has 0 radical (unpaired) electrons. The SMILES string of the molecule is CCCN(C(C(=O)O)=C(F)F)S(=O)(=O)C(F)(F)C(F)(F)C(F)(F)C(F)(F)C(F)(F)C(F)(F)C(F)(F)C(F)(F)F. The molecule has 0 aromatic rings. The molecule has 1 N–H and O–H groups in total. The molecule has 0 rings (SSSR count). The second-order valence-electron chi connectivity index (χ2n) is 6.95. The van der Waals surface area contributed by atoms with Crippen molar-refractivity contribution in [3.05, 3.63) is 11.8 Å².